The first kappa shape index (κ1) is 11.6. The van der Waals surface area contributed by atoms with Crippen molar-refractivity contribution >= 4 is 0 Å². The van der Waals surface area contributed by atoms with Crippen LogP contribution >= 0.6 is 0 Å². The number of likely N-dealkylation sites (N-methyl/N-ethyl adjacent to an activating group) is 1. The van der Waals surface area contributed by atoms with Gasteiger partial charge in [0.2, 0.25) is 0 Å². The topological polar surface area (TPSA) is 15.3 Å². The lowest BCUT2D eigenvalue weighted by Crippen LogP contribution is -2.42. The van der Waals surface area contributed by atoms with Gasteiger partial charge in [-0.25, -0.2) is 0 Å². The first-order chi connectivity index (χ1) is 7.84. The molecule has 2 heteroatoms. The summed E-state index contributed by atoms with van der Waals surface area (Å²) in [5, 5.41) is 3.59. The van der Waals surface area contributed by atoms with Crippen molar-refractivity contribution in [1.29, 1.82) is 0 Å². The molecular formula is C14H22N2. The molecule has 1 aromatic carbocycles. The molecular weight excluding hydrogens is 196 g/mol. The quantitative estimate of drug-likeness (QED) is 0.834. The van der Waals surface area contributed by atoms with E-state index in [2.05, 4.69) is 47.6 Å². The molecule has 1 N–H and O–H groups in total. The van der Waals surface area contributed by atoms with Gasteiger partial charge in [-0.15, -0.1) is 0 Å². The van der Waals surface area contributed by atoms with Crippen LogP contribution in [0.1, 0.15) is 24.8 Å². The van der Waals surface area contributed by atoms with E-state index in [-0.39, 0.29) is 0 Å². The molecule has 0 aromatic heterocycles. The largest absolute Gasteiger partial charge is 0.313 e. The van der Waals surface area contributed by atoms with E-state index in [1.54, 1.807) is 0 Å². The molecule has 1 fully saturated rings. The average Bonchev–Trinajstić information content (AvgIpc) is 2.31. The monoisotopic (exact) mass is 218 g/mol. The van der Waals surface area contributed by atoms with E-state index in [1.807, 2.05) is 0 Å². The van der Waals surface area contributed by atoms with Crippen LogP contribution in [0, 0.1) is 0 Å². The molecule has 1 heterocycles. The lowest BCUT2D eigenvalue weighted by atomic mass is 10.0. The van der Waals surface area contributed by atoms with Gasteiger partial charge in [0.25, 0.3) is 0 Å². The van der Waals surface area contributed by atoms with Crippen LogP contribution in [0.15, 0.2) is 30.3 Å². The van der Waals surface area contributed by atoms with Crippen molar-refractivity contribution in [3.05, 3.63) is 35.9 Å². The standard InChI is InChI=1S/C14H22N2/c1-16(11-13-7-3-2-4-8-13)12-14-9-5-6-10-15-14/h2-4,7-8,14-15H,5-6,9-12H2,1H3. The highest BCUT2D eigenvalue weighted by Crippen LogP contribution is 2.09. The molecule has 0 saturated carbocycles. The van der Waals surface area contributed by atoms with Crippen LogP contribution < -0.4 is 5.32 Å². The molecule has 1 saturated heterocycles. The summed E-state index contributed by atoms with van der Waals surface area (Å²) in [6, 6.07) is 11.4. The summed E-state index contributed by atoms with van der Waals surface area (Å²) in [4.78, 5) is 2.42. The SMILES string of the molecule is CN(Cc1ccccc1)CC1CCCCN1. The Morgan fingerprint density at radius 1 is 1.25 bits per heavy atom. The lowest BCUT2D eigenvalue weighted by molar-refractivity contribution is 0.256. The molecule has 88 valence electrons. The summed E-state index contributed by atoms with van der Waals surface area (Å²) in [5.41, 5.74) is 1.40. The van der Waals surface area contributed by atoms with Crippen LogP contribution in [0.5, 0.6) is 0 Å². The fraction of sp³-hybridized carbons (Fsp3) is 0.571. The number of hydrogen-bond donors (Lipinski definition) is 1. The van der Waals surface area contributed by atoms with Gasteiger partial charge < -0.3 is 10.2 Å². The molecule has 1 unspecified atom stereocenters. The van der Waals surface area contributed by atoms with Crippen molar-refractivity contribution in [3.63, 3.8) is 0 Å². The number of rotatable bonds is 4. The molecule has 0 aliphatic carbocycles. The zero-order valence-electron chi connectivity index (χ0n) is 10.2. The van der Waals surface area contributed by atoms with Crippen molar-refractivity contribution in [2.45, 2.75) is 31.8 Å². The van der Waals surface area contributed by atoms with Crippen LogP contribution in [0.3, 0.4) is 0 Å². The highest BCUT2D eigenvalue weighted by Gasteiger charge is 2.14. The van der Waals surface area contributed by atoms with Crippen molar-refractivity contribution in [3.8, 4) is 0 Å². The molecule has 2 nitrogen and oxygen atoms in total. The molecule has 0 amide bonds. The van der Waals surface area contributed by atoms with E-state index in [4.69, 9.17) is 0 Å². The predicted octanol–water partition coefficient (Wildman–Crippen LogP) is 2.26. The normalized spacial score (nSPS) is 21.2. The molecule has 16 heavy (non-hydrogen) atoms. The second kappa shape index (κ2) is 6.02. The minimum absolute atomic E-state index is 0.697. The Labute approximate surface area is 98.7 Å². The van der Waals surface area contributed by atoms with Gasteiger partial charge in [0.1, 0.15) is 0 Å². The summed E-state index contributed by atoms with van der Waals surface area (Å²) in [6.45, 7) is 3.41. The Morgan fingerprint density at radius 2 is 2.06 bits per heavy atom. The van der Waals surface area contributed by atoms with Crippen molar-refractivity contribution in [1.82, 2.24) is 10.2 Å². The molecule has 0 radical (unpaired) electrons. The van der Waals surface area contributed by atoms with Gasteiger partial charge in [-0.05, 0) is 32.0 Å². The first-order valence-electron chi connectivity index (χ1n) is 6.30. The third kappa shape index (κ3) is 3.62. The molecule has 0 spiro atoms. The van der Waals surface area contributed by atoms with Gasteiger partial charge >= 0.3 is 0 Å². The molecule has 2 rings (SSSR count). The predicted molar refractivity (Wildman–Crippen MR) is 68.4 cm³/mol. The number of hydrogen-bond acceptors (Lipinski definition) is 2. The Balaban J connectivity index is 1.77. The van der Waals surface area contributed by atoms with Gasteiger partial charge in [-0.3, -0.25) is 0 Å². The van der Waals surface area contributed by atoms with E-state index in [0.717, 1.165) is 13.1 Å². The highest BCUT2D eigenvalue weighted by molar-refractivity contribution is 5.14. The third-order valence-corrected chi connectivity index (χ3v) is 3.24. The van der Waals surface area contributed by atoms with Gasteiger partial charge in [-0.1, -0.05) is 36.8 Å². The summed E-state index contributed by atoms with van der Waals surface area (Å²) in [6.07, 6.45) is 4.06. The summed E-state index contributed by atoms with van der Waals surface area (Å²) >= 11 is 0. The molecule has 1 atom stereocenters. The van der Waals surface area contributed by atoms with E-state index in [0.29, 0.717) is 6.04 Å². The van der Waals surface area contributed by atoms with E-state index >= 15 is 0 Å². The maximum atomic E-state index is 3.59. The number of nitrogens with one attached hydrogen (secondary N) is 1. The summed E-state index contributed by atoms with van der Waals surface area (Å²) in [5.74, 6) is 0. The van der Waals surface area contributed by atoms with Crippen LogP contribution in [-0.2, 0) is 6.54 Å². The maximum absolute atomic E-state index is 3.59. The van der Waals surface area contributed by atoms with Crippen molar-refractivity contribution < 1.29 is 0 Å². The lowest BCUT2D eigenvalue weighted by Gasteiger charge is -2.28. The van der Waals surface area contributed by atoms with Gasteiger partial charge in [0.15, 0.2) is 0 Å². The minimum Gasteiger partial charge on any atom is -0.313 e. The Hall–Kier alpha value is -0.860. The van der Waals surface area contributed by atoms with Crippen LogP contribution in [0.2, 0.25) is 0 Å². The Kier molecular flexibility index (Phi) is 4.37. The average molecular weight is 218 g/mol. The van der Waals surface area contributed by atoms with Crippen molar-refractivity contribution in [2.75, 3.05) is 20.1 Å². The van der Waals surface area contributed by atoms with Crippen LogP contribution in [0.4, 0.5) is 0 Å². The zero-order valence-corrected chi connectivity index (χ0v) is 10.2. The van der Waals surface area contributed by atoms with Gasteiger partial charge in [-0.2, -0.15) is 0 Å². The first-order valence-corrected chi connectivity index (χ1v) is 6.30. The summed E-state index contributed by atoms with van der Waals surface area (Å²) in [7, 11) is 2.21. The second-order valence-electron chi connectivity index (χ2n) is 4.83. The third-order valence-electron chi connectivity index (χ3n) is 3.24. The Morgan fingerprint density at radius 3 is 2.75 bits per heavy atom. The molecule has 1 aromatic rings. The fourth-order valence-corrected chi connectivity index (χ4v) is 2.42. The number of piperidine rings is 1. The maximum Gasteiger partial charge on any atom is 0.0231 e. The Bertz CT molecular complexity index is 291. The second-order valence-corrected chi connectivity index (χ2v) is 4.83. The van der Waals surface area contributed by atoms with E-state index in [9.17, 15) is 0 Å². The molecule has 1 aliphatic rings. The highest BCUT2D eigenvalue weighted by atomic mass is 15.1. The smallest absolute Gasteiger partial charge is 0.0231 e. The van der Waals surface area contributed by atoms with Crippen LogP contribution in [-0.4, -0.2) is 31.1 Å². The van der Waals surface area contributed by atoms with E-state index < -0.39 is 0 Å². The fourth-order valence-electron chi connectivity index (χ4n) is 2.42. The number of nitrogens with zero attached hydrogens (tertiary/aromatic N) is 1. The van der Waals surface area contributed by atoms with Gasteiger partial charge in [0, 0.05) is 19.1 Å². The summed E-state index contributed by atoms with van der Waals surface area (Å²) < 4.78 is 0. The molecule has 1 aliphatic heterocycles. The minimum atomic E-state index is 0.697. The zero-order chi connectivity index (χ0) is 11.2. The number of benzene rings is 1. The van der Waals surface area contributed by atoms with Crippen LogP contribution in [0.25, 0.3) is 0 Å². The van der Waals surface area contributed by atoms with Crippen molar-refractivity contribution in [2.24, 2.45) is 0 Å². The molecule has 0 bridgehead atoms. The van der Waals surface area contributed by atoms with Gasteiger partial charge in [0.05, 0.1) is 0 Å². The van der Waals surface area contributed by atoms with E-state index in [1.165, 1.54) is 31.4 Å².